The Bertz CT molecular complexity index is 336. The Hall–Kier alpha value is -0.580. The van der Waals surface area contributed by atoms with Crippen LogP contribution in [0.1, 0.15) is 32.6 Å². The molecule has 0 aromatic heterocycles. The van der Waals surface area contributed by atoms with E-state index >= 15 is 0 Å². The average molecular weight is 317 g/mol. The molecule has 0 radical (unpaired) electrons. The van der Waals surface area contributed by atoms with Crippen molar-refractivity contribution in [3.8, 4) is 0 Å². The lowest BCUT2D eigenvalue weighted by Crippen LogP contribution is -2.57. The maximum absolute atomic E-state index is 12.1. The van der Waals surface area contributed by atoms with E-state index in [4.69, 9.17) is 0 Å². The minimum atomic E-state index is 0.0977. The van der Waals surface area contributed by atoms with Crippen LogP contribution in [-0.2, 0) is 9.59 Å². The molecule has 2 aliphatic rings. The van der Waals surface area contributed by atoms with Gasteiger partial charge in [0.25, 0.3) is 0 Å². The fourth-order valence-corrected chi connectivity index (χ4v) is 3.47. The summed E-state index contributed by atoms with van der Waals surface area (Å²) in [5.41, 5.74) is 0.225. The zero-order chi connectivity index (χ0) is 13.2. The Labute approximate surface area is 117 Å². The van der Waals surface area contributed by atoms with Crippen LogP contribution < -0.4 is 0 Å². The van der Waals surface area contributed by atoms with Crippen LogP contribution in [0, 0.1) is 5.41 Å². The molecule has 2 amide bonds. The van der Waals surface area contributed by atoms with Gasteiger partial charge in [0.05, 0.1) is 13.1 Å². The number of carbonyl (C=O) groups is 2. The van der Waals surface area contributed by atoms with Gasteiger partial charge in [0.15, 0.2) is 0 Å². The highest BCUT2D eigenvalue weighted by atomic mass is 79.9. The number of rotatable bonds is 5. The molecule has 1 heterocycles. The third-order valence-corrected chi connectivity index (χ3v) is 5.26. The summed E-state index contributed by atoms with van der Waals surface area (Å²) in [5, 5.41) is 0.927. The Balaban J connectivity index is 1.95. The standard InChI is InChI=1S/C13H21BrN2O2/c1-2-6-15-7-12(18)16(8-11(15)17)10-13(9-14)4-3-5-13/h2-10H2,1H3. The van der Waals surface area contributed by atoms with E-state index in [1.807, 2.05) is 6.92 Å². The van der Waals surface area contributed by atoms with Crippen molar-refractivity contribution in [1.29, 1.82) is 0 Å². The van der Waals surface area contributed by atoms with Crippen molar-refractivity contribution in [2.45, 2.75) is 32.6 Å². The topological polar surface area (TPSA) is 40.6 Å². The molecule has 0 N–H and O–H groups in total. The minimum Gasteiger partial charge on any atom is -0.332 e. The second kappa shape index (κ2) is 5.59. The van der Waals surface area contributed by atoms with E-state index in [9.17, 15) is 9.59 Å². The first-order chi connectivity index (χ1) is 8.60. The second-order valence-corrected chi connectivity index (χ2v) is 6.11. The zero-order valence-electron chi connectivity index (χ0n) is 11.0. The van der Waals surface area contributed by atoms with Crippen molar-refractivity contribution in [1.82, 2.24) is 9.80 Å². The summed E-state index contributed by atoms with van der Waals surface area (Å²) in [6.45, 7) is 4.00. The predicted octanol–water partition coefficient (Wildman–Crippen LogP) is 1.63. The fourth-order valence-electron chi connectivity index (χ4n) is 2.74. The lowest BCUT2D eigenvalue weighted by atomic mass is 9.70. The van der Waals surface area contributed by atoms with Crippen LogP contribution in [-0.4, -0.2) is 53.1 Å². The van der Waals surface area contributed by atoms with Crippen LogP contribution in [0.25, 0.3) is 0 Å². The number of amides is 2. The molecule has 0 bridgehead atoms. The van der Waals surface area contributed by atoms with Crippen molar-refractivity contribution in [3.63, 3.8) is 0 Å². The van der Waals surface area contributed by atoms with Gasteiger partial charge in [-0.15, -0.1) is 0 Å². The molecule has 5 heteroatoms. The third kappa shape index (κ3) is 2.71. The molecule has 102 valence electrons. The number of halogens is 1. The summed E-state index contributed by atoms with van der Waals surface area (Å²) in [6, 6.07) is 0. The molecule has 4 nitrogen and oxygen atoms in total. The van der Waals surface area contributed by atoms with Gasteiger partial charge in [-0.2, -0.15) is 0 Å². The van der Waals surface area contributed by atoms with Crippen molar-refractivity contribution in [3.05, 3.63) is 0 Å². The number of piperazine rings is 1. The minimum absolute atomic E-state index is 0.0977. The van der Waals surface area contributed by atoms with Crippen LogP contribution in [0.5, 0.6) is 0 Å². The maximum atomic E-state index is 12.1. The third-order valence-electron chi connectivity index (χ3n) is 4.08. The predicted molar refractivity (Wildman–Crippen MR) is 73.5 cm³/mol. The molecule has 2 rings (SSSR count). The van der Waals surface area contributed by atoms with Gasteiger partial charge in [-0.3, -0.25) is 9.59 Å². The molecule has 1 aliphatic heterocycles. The number of carbonyl (C=O) groups excluding carboxylic acids is 2. The van der Waals surface area contributed by atoms with Gasteiger partial charge in [0.2, 0.25) is 11.8 Å². The fraction of sp³-hybridized carbons (Fsp3) is 0.846. The van der Waals surface area contributed by atoms with Crippen molar-refractivity contribution >= 4 is 27.7 Å². The van der Waals surface area contributed by atoms with Crippen molar-refractivity contribution in [2.75, 3.05) is 31.5 Å². The van der Waals surface area contributed by atoms with Crippen molar-refractivity contribution in [2.24, 2.45) is 5.41 Å². The van der Waals surface area contributed by atoms with Gasteiger partial charge >= 0.3 is 0 Å². The molecule has 0 aromatic rings. The molecule has 1 saturated heterocycles. The quantitative estimate of drug-likeness (QED) is 0.723. The molecule has 0 spiro atoms. The van der Waals surface area contributed by atoms with E-state index < -0.39 is 0 Å². The summed E-state index contributed by atoms with van der Waals surface area (Å²) in [4.78, 5) is 27.5. The molecule has 18 heavy (non-hydrogen) atoms. The van der Waals surface area contributed by atoms with Gasteiger partial charge in [-0.05, 0) is 24.7 Å². The van der Waals surface area contributed by atoms with Crippen molar-refractivity contribution < 1.29 is 9.59 Å². The second-order valence-electron chi connectivity index (χ2n) is 5.55. The van der Waals surface area contributed by atoms with Crippen LogP contribution in [0.4, 0.5) is 0 Å². The molecular weight excluding hydrogens is 296 g/mol. The van der Waals surface area contributed by atoms with E-state index in [1.165, 1.54) is 6.42 Å². The SMILES string of the molecule is CCCN1CC(=O)N(CC2(CBr)CCC2)CC1=O. The van der Waals surface area contributed by atoms with Gasteiger partial charge in [0, 0.05) is 18.4 Å². The molecule has 0 aromatic carbocycles. The Morgan fingerprint density at radius 2 is 1.78 bits per heavy atom. The monoisotopic (exact) mass is 316 g/mol. The normalized spacial score (nSPS) is 23.2. The summed E-state index contributed by atoms with van der Waals surface area (Å²) in [7, 11) is 0. The van der Waals surface area contributed by atoms with Gasteiger partial charge in [0.1, 0.15) is 0 Å². The molecule has 0 unspecified atom stereocenters. The van der Waals surface area contributed by atoms with Crippen LogP contribution in [0.15, 0.2) is 0 Å². The molecule has 1 aliphatic carbocycles. The molecule has 2 fully saturated rings. The maximum Gasteiger partial charge on any atom is 0.242 e. The van der Waals surface area contributed by atoms with E-state index in [-0.39, 0.29) is 30.3 Å². The first kappa shape index (κ1) is 13.8. The number of nitrogens with zero attached hydrogens (tertiary/aromatic N) is 2. The first-order valence-electron chi connectivity index (χ1n) is 6.72. The average Bonchev–Trinajstić information content (AvgIpc) is 2.30. The largest absolute Gasteiger partial charge is 0.332 e. The number of alkyl halides is 1. The lowest BCUT2D eigenvalue weighted by molar-refractivity contribution is -0.152. The smallest absolute Gasteiger partial charge is 0.242 e. The first-order valence-corrected chi connectivity index (χ1v) is 7.84. The summed E-state index contributed by atoms with van der Waals surface area (Å²) in [6.07, 6.45) is 4.47. The van der Waals surface area contributed by atoms with E-state index in [0.717, 1.165) is 31.1 Å². The van der Waals surface area contributed by atoms with Gasteiger partial charge < -0.3 is 9.80 Å². The number of hydrogen-bond donors (Lipinski definition) is 0. The Morgan fingerprint density at radius 1 is 1.17 bits per heavy atom. The van der Waals surface area contributed by atoms with E-state index in [1.54, 1.807) is 9.80 Å². The zero-order valence-corrected chi connectivity index (χ0v) is 12.5. The summed E-state index contributed by atoms with van der Waals surface area (Å²) >= 11 is 3.55. The van der Waals surface area contributed by atoms with Crippen LogP contribution in [0.2, 0.25) is 0 Å². The summed E-state index contributed by atoms with van der Waals surface area (Å²) in [5.74, 6) is 0.204. The number of hydrogen-bond acceptors (Lipinski definition) is 2. The van der Waals surface area contributed by atoms with Gasteiger partial charge in [-0.25, -0.2) is 0 Å². The molecular formula is C13H21BrN2O2. The van der Waals surface area contributed by atoms with Crippen LogP contribution >= 0.6 is 15.9 Å². The summed E-state index contributed by atoms with van der Waals surface area (Å²) < 4.78 is 0. The molecule has 0 atom stereocenters. The van der Waals surface area contributed by atoms with E-state index in [0.29, 0.717) is 6.54 Å². The highest BCUT2D eigenvalue weighted by molar-refractivity contribution is 9.09. The molecule has 1 saturated carbocycles. The highest BCUT2D eigenvalue weighted by Gasteiger charge is 2.40. The van der Waals surface area contributed by atoms with Gasteiger partial charge in [-0.1, -0.05) is 29.3 Å². The highest BCUT2D eigenvalue weighted by Crippen LogP contribution is 2.43. The Morgan fingerprint density at radius 3 is 2.28 bits per heavy atom. The van der Waals surface area contributed by atoms with E-state index in [2.05, 4.69) is 15.9 Å². The lowest BCUT2D eigenvalue weighted by Gasteiger charge is -2.45. The Kier molecular flexibility index (Phi) is 4.30. The van der Waals surface area contributed by atoms with Crippen LogP contribution in [0.3, 0.4) is 0 Å².